The van der Waals surface area contributed by atoms with Crippen LogP contribution in [0.15, 0.2) is 48.5 Å². The quantitative estimate of drug-likeness (QED) is 0.886. The van der Waals surface area contributed by atoms with Gasteiger partial charge in [0.2, 0.25) is 0 Å². The Kier molecular flexibility index (Phi) is 5.22. The molecule has 0 bridgehead atoms. The van der Waals surface area contributed by atoms with Crippen molar-refractivity contribution in [2.24, 2.45) is 5.73 Å². The van der Waals surface area contributed by atoms with Crippen molar-refractivity contribution >= 4 is 17.5 Å². The van der Waals surface area contributed by atoms with Crippen LogP contribution in [0.2, 0.25) is 5.02 Å². The van der Waals surface area contributed by atoms with Crippen LogP contribution < -0.4 is 11.1 Å². The number of nitrogens with two attached hydrogens (primary N) is 1. The molecule has 116 valence electrons. The summed E-state index contributed by atoms with van der Waals surface area (Å²) < 4.78 is 0. The lowest BCUT2D eigenvalue weighted by Crippen LogP contribution is -2.45. The van der Waals surface area contributed by atoms with Gasteiger partial charge in [0.1, 0.15) is 0 Å². The Morgan fingerprint density at radius 2 is 1.77 bits per heavy atom. The first-order valence-corrected chi connectivity index (χ1v) is 7.64. The molecular formula is C18H21ClN2O. The molecule has 0 atom stereocenters. The fraction of sp³-hybridized carbons (Fsp3) is 0.278. The Balaban J connectivity index is 2.07. The molecule has 0 heterocycles. The first-order chi connectivity index (χ1) is 10.4. The molecular weight excluding hydrogens is 296 g/mol. The first-order valence-electron chi connectivity index (χ1n) is 7.26. The highest BCUT2D eigenvalue weighted by Crippen LogP contribution is 2.21. The van der Waals surface area contributed by atoms with Gasteiger partial charge in [-0.2, -0.15) is 0 Å². The summed E-state index contributed by atoms with van der Waals surface area (Å²) in [4.78, 5) is 12.4. The molecule has 1 amide bonds. The van der Waals surface area contributed by atoms with Crippen LogP contribution in [0.5, 0.6) is 0 Å². The summed E-state index contributed by atoms with van der Waals surface area (Å²) in [5.74, 6) is -0.0966. The van der Waals surface area contributed by atoms with E-state index in [4.69, 9.17) is 17.3 Å². The summed E-state index contributed by atoms with van der Waals surface area (Å²) in [5.41, 5.74) is 7.83. The monoisotopic (exact) mass is 316 g/mol. The average molecular weight is 317 g/mol. The van der Waals surface area contributed by atoms with E-state index in [1.54, 1.807) is 12.1 Å². The van der Waals surface area contributed by atoms with Gasteiger partial charge in [0, 0.05) is 22.7 Å². The number of hydrogen-bond acceptors (Lipinski definition) is 2. The average Bonchev–Trinajstić information content (AvgIpc) is 2.49. The molecule has 2 aromatic rings. The third-order valence-electron chi connectivity index (χ3n) is 3.49. The predicted octanol–water partition coefficient (Wildman–Crippen LogP) is 3.55. The third-order valence-corrected chi connectivity index (χ3v) is 3.86. The number of carbonyl (C=O) groups is 1. The van der Waals surface area contributed by atoms with E-state index in [9.17, 15) is 4.79 Å². The Bertz CT molecular complexity index is 650. The standard InChI is InChI=1S/C18H21ClN2O/c1-18(2,11-15-5-3-4-6-16(15)19)21-17(22)14-9-7-13(12-20)8-10-14/h3-10H,11-12,20H2,1-2H3,(H,21,22). The summed E-state index contributed by atoms with van der Waals surface area (Å²) in [7, 11) is 0. The summed E-state index contributed by atoms with van der Waals surface area (Å²) in [6.07, 6.45) is 0.666. The Hall–Kier alpha value is -1.84. The van der Waals surface area contributed by atoms with Crippen LogP contribution in [-0.4, -0.2) is 11.4 Å². The van der Waals surface area contributed by atoms with Gasteiger partial charge in [-0.25, -0.2) is 0 Å². The van der Waals surface area contributed by atoms with Crippen molar-refractivity contribution in [2.45, 2.75) is 32.4 Å². The van der Waals surface area contributed by atoms with E-state index < -0.39 is 5.54 Å². The van der Waals surface area contributed by atoms with E-state index in [0.717, 1.165) is 16.1 Å². The van der Waals surface area contributed by atoms with Crippen LogP contribution >= 0.6 is 11.6 Å². The third kappa shape index (κ3) is 4.33. The molecule has 22 heavy (non-hydrogen) atoms. The van der Waals surface area contributed by atoms with Gasteiger partial charge < -0.3 is 11.1 Å². The van der Waals surface area contributed by atoms with E-state index in [-0.39, 0.29) is 5.91 Å². The lowest BCUT2D eigenvalue weighted by Gasteiger charge is -2.27. The number of nitrogens with one attached hydrogen (secondary N) is 1. The number of amides is 1. The smallest absolute Gasteiger partial charge is 0.251 e. The molecule has 4 heteroatoms. The number of benzene rings is 2. The molecule has 0 aliphatic rings. The summed E-state index contributed by atoms with van der Waals surface area (Å²) in [6.45, 7) is 4.45. The Morgan fingerprint density at radius 3 is 2.36 bits per heavy atom. The van der Waals surface area contributed by atoms with Crippen LogP contribution in [0.1, 0.15) is 35.3 Å². The van der Waals surface area contributed by atoms with Crippen molar-refractivity contribution in [3.05, 3.63) is 70.2 Å². The number of halogens is 1. The lowest BCUT2D eigenvalue weighted by atomic mass is 9.94. The summed E-state index contributed by atoms with van der Waals surface area (Å²) in [6, 6.07) is 15.0. The molecule has 2 aromatic carbocycles. The molecule has 2 rings (SSSR count). The Morgan fingerprint density at radius 1 is 1.14 bits per heavy atom. The van der Waals surface area contributed by atoms with Crippen LogP contribution in [0.4, 0.5) is 0 Å². The topological polar surface area (TPSA) is 55.1 Å². The highest BCUT2D eigenvalue weighted by Gasteiger charge is 2.22. The molecule has 0 aliphatic carbocycles. The van der Waals surface area contributed by atoms with Crippen LogP contribution in [0.25, 0.3) is 0 Å². The minimum absolute atomic E-state index is 0.0966. The van der Waals surface area contributed by atoms with Gasteiger partial charge in [-0.15, -0.1) is 0 Å². The normalized spacial score (nSPS) is 11.3. The molecule has 0 fully saturated rings. The van der Waals surface area contributed by atoms with Gasteiger partial charge >= 0.3 is 0 Å². The maximum absolute atomic E-state index is 12.4. The van der Waals surface area contributed by atoms with Crippen molar-refractivity contribution in [3.8, 4) is 0 Å². The highest BCUT2D eigenvalue weighted by molar-refractivity contribution is 6.31. The zero-order valence-corrected chi connectivity index (χ0v) is 13.7. The van der Waals surface area contributed by atoms with E-state index in [1.807, 2.05) is 50.2 Å². The molecule has 3 N–H and O–H groups in total. The summed E-state index contributed by atoms with van der Waals surface area (Å²) in [5, 5.41) is 3.78. The van der Waals surface area contributed by atoms with Crippen molar-refractivity contribution in [1.29, 1.82) is 0 Å². The zero-order chi connectivity index (χ0) is 16.2. The van der Waals surface area contributed by atoms with E-state index >= 15 is 0 Å². The maximum Gasteiger partial charge on any atom is 0.251 e. The molecule has 0 unspecified atom stereocenters. The van der Waals surface area contributed by atoms with Gasteiger partial charge in [0.05, 0.1) is 0 Å². The number of hydrogen-bond donors (Lipinski definition) is 2. The van der Waals surface area contributed by atoms with E-state index in [0.29, 0.717) is 18.5 Å². The molecule has 0 aliphatic heterocycles. The predicted molar refractivity (Wildman–Crippen MR) is 91.0 cm³/mol. The molecule has 0 saturated carbocycles. The minimum atomic E-state index is -0.394. The molecule has 3 nitrogen and oxygen atoms in total. The Labute approximate surface area is 136 Å². The molecule has 0 radical (unpaired) electrons. The SMILES string of the molecule is CC(C)(Cc1ccccc1Cl)NC(=O)c1ccc(CN)cc1. The van der Waals surface area contributed by atoms with E-state index in [2.05, 4.69) is 5.32 Å². The van der Waals surface area contributed by atoms with Gasteiger partial charge in [-0.05, 0) is 49.6 Å². The second-order valence-electron chi connectivity index (χ2n) is 6.01. The van der Waals surface area contributed by atoms with Gasteiger partial charge in [0.15, 0.2) is 0 Å². The molecule has 0 spiro atoms. The largest absolute Gasteiger partial charge is 0.347 e. The van der Waals surface area contributed by atoms with E-state index in [1.165, 1.54) is 0 Å². The van der Waals surface area contributed by atoms with Crippen molar-refractivity contribution in [1.82, 2.24) is 5.32 Å². The number of rotatable bonds is 5. The van der Waals surface area contributed by atoms with Crippen molar-refractivity contribution in [2.75, 3.05) is 0 Å². The molecule has 0 aromatic heterocycles. The molecule has 0 saturated heterocycles. The number of carbonyl (C=O) groups excluding carboxylic acids is 1. The fourth-order valence-electron chi connectivity index (χ4n) is 2.33. The van der Waals surface area contributed by atoms with Gasteiger partial charge in [-0.3, -0.25) is 4.79 Å². The van der Waals surface area contributed by atoms with Crippen LogP contribution in [-0.2, 0) is 13.0 Å². The maximum atomic E-state index is 12.4. The second-order valence-corrected chi connectivity index (χ2v) is 6.41. The van der Waals surface area contributed by atoms with Crippen LogP contribution in [0, 0.1) is 0 Å². The van der Waals surface area contributed by atoms with Gasteiger partial charge in [-0.1, -0.05) is 41.9 Å². The fourth-order valence-corrected chi connectivity index (χ4v) is 2.54. The minimum Gasteiger partial charge on any atom is -0.347 e. The van der Waals surface area contributed by atoms with Crippen LogP contribution in [0.3, 0.4) is 0 Å². The van der Waals surface area contributed by atoms with Gasteiger partial charge in [0.25, 0.3) is 5.91 Å². The zero-order valence-electron chi connectivity index (χ0n) is 12.9. The first kappa shape index (κ1) is 16.5. The highest BCUT2D eigenvalue weighted by atomic mass is 35.5. The summed E-state index contributed by atoms with van der Waals surface area (Å²) >= 11 is 6.19. The lowest BCUT2D eigenvalue weighted by molar-refractivity contribution is 0.0913. The second kappa shape index (κ2) is 6.95. The van der Waals surface area contributed by atoms with Crippen molar-refractivity contribution in [3.63, 3.8) is 0 Å². The van der Waals surface area contributed by atoms with Crippen molar-refractivity contribution < 1.29 is 4.79 Å².